The minimum absolute atomic E-state index is 0.803. The Bertz CT molecular complexity index is 791. The van der Waals surface area contributed by atoms with Gasteiger partial charge in [0.1, 0.15) is 11.1 Å². The predicted octanol–water partition coefficient (Wildman–Crippen LogP) is 5.17. The Morgan fingerprint density at radius 3 is 2.59 bits per heavy atom. The number of nitriles is 1. The van der Waals surface area contributed by atoms with Crippen molar-refractivity contribution < 1.29 is 0 Å². The number of rotatable bonds is 2. The number of aryl methyl sites for hydroxylation is 4. The Hall–Kier alpha value is -1.92. The molecule has 3 rings (SSSR count). The van der Waals surface area contributed by atoms with Crippen LogP contribution in [0.4, 0.5) is 5.00 Å². The van der Waals surface area contributed by atoms with Crippen LogP contribution in [-0.2, 0) is 12.8 Å². The molecular weight excluding hydrogens is 288 g/mol. The molecule has 0 N–H and O–H groups in total. The Morgan fingerprint density at radius 1 is 1.09 bits per heavy atom. The second-order valence-electron chi connectivity index (χ2n) is 6.05. The third-order valence-corrected chi connectivity index (χ3v) is 5.67. The van der Waals surface area contributed by atoms with E-state index in [1.54, 1.807) is 11.3 Å². The quantitative estimate of drug-likeness (QED) is 0.705. The molecule has 0 unspecified atom stereocenters. The Labute approximate surface area is 136 Å². The lowest BCUT2D eigenvalue weighted by Gasteiger charge is -2.09. The van der Waals surface area contributed by atoms with E-state index >= 15 is 0 Å². The first-order valence-corrected chi connectivity index (χ1v) is 8.58. The van der Waals surface area contributed by atoms with Gasteiger partial charge < -0.3 is 0 Å². The lowest BCUT2D eigenvalue weighted by Crippen LogP contribution is -1.99. The number of thiophene rings is 1. The zero-order valence-corrected chi connectivity index (χ0v) is 14.2. The van der Waals surface area contributed by atoms with E-state index < -0.39 is 0 Å². The molecule has 2 nitrogen and oxygen atoms in total. The summed E-state index contributed by atoms with van der Waals surface area (Å²) in [5.41, 5.74) is 7.00. The molecule has 0 spiro atoms. The van der Waals surface area contributed by atoms with Gasteiger partial charge in [-0.1, -0.05) is 6.07 Å². The fourth-order valence-electron chi connectivity index (χ4n) is 3.01. The molecule has 1 aliphatic carbocycles. The van der Waals surface area contributed by atoms with E-state index in [0.717, 1.165) is 29.0 Å². The normalized spacial score (nSPS) is 14.1. The van der Waals surface area contributed by atoms with Crippen molar-refractivity contribution >= 4 is 22.6 Å². The molecule has 1 aliphatic rings. The van der Waals surface area contributed by atoms with Gasteiger partial charge in [0.05, 0.1) is 5.56 Å². The maximum absolute atomic E-state index is 9.48. The maximum Gasteiger partial charge on any atom is 0.134 e. The van der Waals surface area contributed by atoms with Gasteiger partial charge in [0, 0.05) is 11.1 Å². The van der Waals surface area contributed by atoms with Crippen LogP contribution in [0.1, 0.15) is 51.1 Å². The van der Waals surface area contributed by atoms with Gasteiger partial charge in [0.15, 0.2) is 0 Å². The summed E-state index contributed by atoms with van der Waals surface area (Å²) in [4.78, 5) is 6.02. The standard InChI is InChI=1S/C19H20N2S/c1-12-8-14(3)15(9-13(12)2)11-21-19-17(10-20)16-6-4-5-7-18(16)22-19/h8-9,11H,4-7H2,1-3H3. The monoisotopic (exact) mass is 308 g/mol. The lowest BCUT2D eigenvalue weighted by atomic mass is 9.96. The summed E-state index contributed by atoms with van der Waals surface area (Å²) in [5.74, 6) is 0. The molecule has 1 heterocycles. The Balaban J connectivity index is 1.98. The van der Waals surface area contributed by atoms with Crippen LogP contribution < -0.4 is 0 Å². The molecule has 0 aliphatic heterocycles. The van der Waals surface area contributed by atoms with Crippen LogP contribution in [0.2, 0.25) is 0 Å². The van der Waals surface area contributed by atoms with E-state index in [-0.39, 0.29) is 0 Å². The first-order valence-electron chi connectivity index (χ1n) is 7.76. The minimum Gasteiger partial charge on any atom is -0.244 e. The summed E-state index contributed by atoms with van der Waals surface area (Å²) < 4.78 is 0. The summed E-state index contributed by atoms with van der Waals surface area (Å²) in [6, 6.07) is 6.74. The Kier molecular flexibility index (Phi) is 4.13. The zero-order chi connectivity index (χ0) is 15.7. The number of aliphatic imine (C=N–C) groups is 1. The van der Waals surface area contributed by atoms with Crippen molar-refractivity contribution in [3.8, 4) is 6.07 Å². The smallest absolute Gasteiger partial charge is 0.134 e. The van der Waals surface area contributed by atoms with Crippen LogP contribution in [0.25, 0.3) is 0 Å². The van der Waals surface area contributed by atoms with Crippen molar-refractivity contribution in [2.24, 2.45) is 4.99 Å². The van der Waals surface area contributed by atoms with Gasteiger partial charge >= 0.3 is 0 Å². The van der Waals surface area contributed by atoms with Gasteiger partial charge in [-0.25, -0.2) is 4.99 Å². The second kappa shape index (κ2) is 6.06. The van der Waals surface area contributed by atoms with Crippen molar-refractivity contribution in [1.82, 2.24) is 0 Å². The van der Waals surface area contributed by atoms with Gasteiger partial charge in [-0.15, -0.1) is 11.3 Å². The lowest BCUT2D eigenvalue weighted by molar-refractivity contribution is 0.696. The summed E-state index contributed by atoms with van der Waals surface area (Å²) in [6.07, 6.45) is 6.48. The van der Waals surface area contributed by atoms with Crippen molar-refractivity contribution in [3.63, 3.8) is 0 Å². The summed E-state index contributed by atoms with van der Waals surface area (Å²) >= 11 is 1.70. The summed E-state index contributed by atoms with van der Waals surface area (Å²) in [7, 11) is 0. The molecule has 3 heteroatoms. The number of hydrogen-bond acceptors (Lipinski definition) is 3. The molecule has 2 aromatic rings. The highest BCUT2D eigenvalue weighted by Crippen LogP contribution is 2.39. The largest absolute Gasteiger partial charge is 0.244 e. The van der Waals surface area contributed by atoms with Crippen LogP contribution in [0.5, 0.6) is 0 Å². The molecule has 112 valence electrons. The molecule has 0 bridgehead atoms. The van der Waals surface area contributed by atoms with E-state index in [9.17, 15) is 5.26 Å². The van der Waals surface area contributed by atoms with Crippen LogP contribution >= 0.6 is 11.3 Å². The average Bonchev–Trinajstić information content (AvgIpc) is 2.87. The van der Waals surface area contributed by atoms with Gasteiger partial charge in [0.2, 0.25) is 0 Å². The van der Waals surface area contributed by atoms with E-state index in [4.69, 9.17) is 0 Å². The van der Waals surface area contributed by atoms with Crippen LogP contribution in [0, 0.1) is 32.1 Å². The number of benzene rings is 1. The minimum atomic E-state index is 0.803. The molecule has 0 saturated carbocycles. The van der Waals surface area contributed by atoms with E-state index in [2.05, 4.69) is 44.0 Å². The van der Waals surface area contributed by atoms with Gasteiger partial charge in [-0.3, -0.25) is 0 Å². The molecule has 0 saturated heterocycles. The van der Waals surface area contributed by atoms with Gasteiger partial charge in [-0.05, 0) is 80.3 Å². The van der Waals surface area contributed by atoms with Crippen molar-refractivity contribution in [1.29, 1.82) is 5.26 Å². The summed E-state index contributed by atoms with van der Waals surface area (Å²) in [5, 5.41) is 10.4. The highest BCUT2D eigenvalue weighted by Gasteiger charge is 2.20. The molecule has 22 heavy (non-hydrogen) atoms. The molecule has 1 aromatic heterocycles. The third-order valence-electron chi connectivity index (χ3n) is 4.47. The second-order valence-corrected chi connectivity index (χ2v) is 7.14. The first kappa shape index (κ1) is 15.0. The molecule has 1 aromatic carbocycles. The highest BCUT2D eigenvalue weighted by molar-refractivity contribution is 7.16. The summed E-state index contributed by atoms with van der Waals surface area (Å²) in [6.45, 7) is 6.36. The molecular formula is C19H20N2S. The number of nitrogens with zero attached hydrogens (tertiary/aromatic N) is 2. The van der Waals surface area contributed by atoms with E-state index in [1.807, 2.05) is 6.21 Å². The predicted molar refractivity (Wildman–Crippen MR) is 93.6 cm³/mol. The van der Waals surface area contributed by atoms with Gasteiger partial charge in [-0.2, -0.15) is 5.26 Å². The number of fused-ring (bicyclic) bond motifs is 1. The van der Waals surface area contributed by atoms with Crippen molar-refractivity contribution in [3.05, 3.63) is 50.4 Å². The SMILES string of the molecule is Cc1cc(C)c(C=Nc2sc3c(c2C#N)CCCC3)cc1C. The topological polar surface area (TPSA) is 36.1 Å². The van der Waals surface area contributed by atoms with Crippen LogP contribution in [0.15, 0.2) is 17.1 Å². The van der Waals surface area contributed by atoms with E-state index in [0.29, 0.717) is 0 Å². The zero-order valence-electron chi connectivity index (χ0n) is 13.4. The van der Waals surface area contributed by atoms with Crippen LogP contribution in [0.3, 0.4) is 0 Å². The molecule has 0 radical (unpaired) electrons. The Morgan fingerprint density at radius 2 is 1.82 bits per heavy atom. The molecule has 0 fully saturated rings. The van der Waals surface area contributed by atoms with Crippen molar-refractivity contribution in [2.45, 2.75) is 46.5 Å². The fraction of sp³-hybridized carbons (Fsp3) is 0.368. The van der Waals surface area contributed by atoms with E-state index in [1.165, 1.54) is 40.0 Å². The van der Waals surface area contributed by atoms with Gasteiger partial charge in [0.25, 0.3) is 0 Å². The third kappa shape index (κ3) is 2.71. The first-order chi connectivity index (χ1) is 10.6. The maximum atomic E-state index is 9.48. The van der Waals surface area contributed by atoms with Crippen molar-refractivity contribution in [2.75, 3.05) is 0 Å². The molecule has 0 atom stereocenters. The fourth-order valence-corrected chi connectivity index (χ4v) is 4.19. The molecule has 0 amide bonds. The highest BCUT2D eigenvalue weighted by atomic mass is 32.1. The van der Waals surface area contributed by atoms with Crippen LogP contribution in [-0.4, -0.2) is 6.21 Å². The average molecular weight is 308 g/mol. The number of hydrogen-bond donors (Lipinski definition) is 0.